The SMILES string of the molecule is CCCNCc1ccc(CS(=O)Cc2ccc(Cl)cc2)o1. The van der Waals surface area contributed by atoms with E-state index in [1.807, 2.05) is 36.4 Å². The van der Waals surface area contributed by atoms with Crippen LogP contribution >= 0.6 is 11.6 Å². The topological polar surface area (TPSA) is 42.2 Å². The van der Waals surface area contributed by atoms with Crippen LogP contribution in [0, 0.1) is 0 Å². The Morgan fingerprint density at radius 2 is 1.81 bits per heavy atom. The first-order valence-electron chi connectivity index (χ1n) is 7.05. The third kappa shape index (κ3) is 5.65. The van der Waals surface area contributed by atoms with Crippen LogP contribution in [-0.4, -0.2) is 10.8 Å². The molecule has 0 bridgehead atoms. The van der Waals surface area contributed by atoms with Gasteiger partial charge in [0.25, 0.3) is 0 Å². The Labute approximate surface area is 133 Å². The monoisotopic (exact) mass is 325 g/mol. The second-order valence-corrected chi connectivity index (χ2v) is 6.79. The second kappa shape index (κ2) is 8.37. The normalized spacial score (nSPS) is 12.5. The van der Waals surface area contributed by atoms with Crippen molar-refractivity contribution >= 4 is 22.4 Å². The first kappa shape index (κ1) is 16.3. The maximum Gasteiger partial charge on any atom is 0.118 e. The van der Waals surface area contributed by atoms with E-state index in [1.165, 1.54) is 0 Å². The third-order valence-electron chi connectivity index (χ3n) is 2.99. The molecule has 0 spiro atoms. The van der Waals surface area contributed by atoms with Gasteiger partial charge in [-0.15, -0.1) is 0 Å². The molecule has 0 radical (unpaired) electrons. The molecule has 0 aliphatic heterocycles. The minimum absolute atomic E-state index is 0.441. The molecule has 2 rings (SSSR count). The zero-order valence-corrected chi connectivity index (χ0v) is 13.7. The van der Waals surface area contributed by atoms with E-state index in [1.54, 1.807) is 0 Å². The molecule has 1 unspecified atom stereocenters. The summed E-state index contributed by atoms with van der Waals surface area (Å²) in [5.74, 6) is 2.62. The molecule has 1 aromatic carbocycles. The van der Waals surface area contributed by atoms with Crippen LogP contribution < -0.4 is 5.32 Å². The van der Waals surface area contributed by atoms with Crippen LogP contribution in [0.3, 0.4) is 0 Å². The van der Waals surface area contributed by atoms with Crippen molar-refractivity contribution < 1.29 is 8.63 Å². The van der Waals surface area contributed by atoms with Crippen LogP contribution in [0.4, 0.5) is 0 Å². The largest absolute Gasteiger partial charge is 0.464 e. The number of halogens is 1. The van der Waals surface area contributed by atoms with Crippen LogP contribution in [0.15, 0.2) is 40.8 Å². The van der Waals surface area contributed by atoms with Gasteiger partial charge in [-0.3, -0.25) is 4.21 Å². The number of benzene rings is 1. The summed E-state index contributed by atoms with van der Waals surface area (Å²) in [6, 6.07) is 11.3. The zero-order valence-electron chi connectivity index (χ0n) is 12.1. The van der Waals surface area contributed by atoms with Crippen molar-refractivity contribution in [2.75, 3.05) is 6.54 Å². The minimum atomic E-state index is -0.980. The molecule has 21 heavy (non-hydrogen) atoms. The smallest absolute Gasteiger partial charge is 0.118 e. The molecule has 0 fully saturated rings. The van der Waals surface area contributed by atoms with Gasteiger partial charge in [0.15, 0.2) is 0 Å². The summed E-state index contributed by atoms with van der Waals surface area (Å²) in [6.07, 6.45) is 1.10. The van der Waals surface area contributed by atoms with Crippen LogP contribution in [0.1, 0.15) is 30.4 Å². The van der Waals surface area contributed by atoms with Crippen LogP contribution in [-0.2, 0) is 28.9 Å². The van der Waals surface area contributed by atoms with Gasteiger partial charge in [0.1, 0.15) is 11.5 Å². The van der Waals surface area contributed by atoms with E-state index >= 15 is 0 Å². The van der Waals surface area contributed by atoms with E-state index in [2.05, 4.69) is 12.2 Å². The fraction of sp³-hybridized carbons (Fsp3) is 0.375. The molecule has 3 nitrogen and oxygen atoms in total. The van der Waals surface area contributed by atoms with E-state index < -0.39 is 10.8 Å². The highest BCUT2D eigenvalue weighted by atomic mass is 35.5. The van der Waals surface area contributed by atoms with E-state index in [4.69, 9.17) is 16.0 Å². The van der Waals surface area contributed by atoms with Gasteiger partial charge in [0.05, 0.1) is 12.3 Å². The molecule has 0 aliphatic rings. The third-order valence-corrected chi connectivity index (χ3v) is 4.50. The highest BCUT2D eigenvalue weighted by Crippen LogP contribution is 2.14. The molecule has 1 N–H and O–H groups in total. The van der Waals surface area contributed by atoms with Gasteiger partial charge in [-0.25, -0.2) is 0 Å². The highest BCUT2D eigenvalue weighted by Gasteiger charge is 2.08. The summed E-state index contributed by atoms with van der Waals surface area (Å²) in [5, 5.41) is 3.98. The second-order valence-electron chi connectivity index (χ2n) is 4.90. The quantitative estimate of drug-likeness (QED) is 0.749. The summed E-state index contributed by atoms with van der Waals surface area (Å²) >= 11 is 5.84. The van der Waals surface area contributed by atoms with Crippen LogP contribution in [0.5, 0.6) is 0 Å². The average molecular weight is 326 g/mol. The van der Waals surface area contributed by atoms with Gasteiger partial charge in [0.2, 0.25) is 0 Å². The lowest BCUT2D eigenvalue weighted by molar-refractivity contribution is 0.458. The average Bonchev–Trinajstić information content (AvgIpc) is 2.89. The number of furan rings is 1. The summed E-state index contributed by atoms with van der Waals surface area (Å²) in [7, 11) is -0.980. The molecule has 1 atom stereocenters. The number of hydrogen-bond acceptors (Lipinski definition) is 3. The lowest BCUT2D eigenvalue weighted by Gasteiger charge is -2.02. The summed E-state index contributed by atoms with van der Waals surface area (Å²) in [4.78, 5) is 0. The molecule has 0 amide bonds. The highest BCUT2D eigenvalue weighted by molar-refractivity contribution is 7.83. The van der Waals surface area contributed by atoms with Crippen LogP contribution in [0.2, 0.25) is 5.02 Å². The fourth-order valence-corrected chi connectivity index (χ4v) is 3.22. The van der Waals surface area contributed by atoms with Gasteiger partial charge in [-0.05, 0) is 42.8 Å². The standard InChI is InChI=1S/C16H20ClNO2S/c1-2-9-18-10-15-7-8-16(20-15)12-21(19)11-13-3-5-14(17)6-4-13/h3-8,18H,2,9-12H2,1H3. The summed E-state index contributed by atoms with van der Waals surface area (Å²) in [5.41, 5.74) is 1.02. The van der Waals surface area contributed by atoms with Crippen molar-refractivity contribution in [2.24, 2.45) is 0 Å². The summed E-state index contributed by atoms with van der Waals surface area (Å²) < 4.78 is 17.8. The van der Waals surface area contributed by atoms with Crippen molar-refractivity contribution in [1.29, 1.82) is 0 Å². The van der Waals surface area contributed by atoms with Crippen molar-refractivity contribution in [3.63, 3.8) is 0 Å². The van der Waals surface area contributed by atoms with Crippen molar-refractivity contribution in [2.45, 2.75) is 31.4 Å². The molecule has 114 valence electrons. The van der Waals surface area contributed by atoms with E-state index in [0.717, 1.165) is 36.6 Å². The van der Waals surface area contributed by atoms with Gasteiger partial charge in [-0.1, -0.05) is 30.7 Å². The predicted octanol–water partition coefficient (Wildman–Crippen LogP) is 3.88. The molecule has 0 saturated carbocycles. The molecule has 1 aromatic heterocycles. The Balaban J connectivity index is 1.83. The van der Waals surface area contributed by atoms with Crippen molar-refractivity contribution in [1.82, 2.24) is 5.32 Å². The first-order chi connectivity index (χ1) is 10.2. The Bertz CT molecular complexity index is 580. The van der Waals surface area contributed by atoms with E-state index in [0.29, 0.717) is 16.5 Å². The zero-order chi connectivity index (χ0) is 15.1. The van der Waals surface area contributed by atoms with Crippen LogP contribution in [0.25, 0.3) is 0 Å². The molecule has 0 saturated heterocycles. The number of hydrogen-bond donors (Lipinski definition) is 1. The van der Waals surface area contributed by atoms with Gasteiger partial charge < -0.3 is 9.73 Å². The molecular formula is C16H20ClNO2S. The number of nitrogens with one attached hydrogen (secondary N) is 1. The molecule has 2 aromatic rings. The lowest BCUT2D eigenvalue weighted by atomic mass is 10.2. The molecule has 0 aliphatic carbocycles. The first-order valence-corrected chi connectivity index (χ1v) is 8.91. The Morgan fingerprint density at radius 3 is 2.52 bits per heavy atom. The van der Waals surface area contributed by atoms with Gasteiger partial charge >= 0.3 is 0 Å². The van der Waals surface area contributed by atoms with Gasteiger partial charge in [-0.2, -0.15) is 0 Å². The maximum atomic E-state index is 12.1. The van der Waals surface area contributed by atoms with Crippen molar-refractivity contribution in [3.8, 4) is 0 Å². The predicted molar refractivity (Wildman–Crippen MR) is 87.7 cm³/mol. The van der Waals surface area contributed by atoms with E-state index in [9.17, 15) is 4.21 Å². The van der Waals surface area contributed by atoms with E-state index in [-0.39, 0.29) is 0 Å². The minimum Gasteiger partial charge on any atom is -0.464 e. The van der Waals surface area contributed by atoms with Crippen molar-refractivity contribution in [3.05, 3.63) is 58.5 Å². The Kier molecular flexibility index (Phi) is 6.49. The summed E-state index contributed by atoms with van der Waals surface area (Å²) in [6.45, 7) is 3.82. The molecule has 5 heteroatoms. The Morgan fingerprint density at radius 1 is 1.10 bits per heavy atom. The maximum absolute atomic E-state index is 12.1. The fourth-order valence-electron chi connectivity index (χ4n) is 1.96. The van der Waals surface area contributed by atoms with Gasteiger partial charge in [0, 0.05) is 21.6 Å². The molecule has 1 heterocycles. The number of rotatable bonds is 8. The lowest BCUT2D eigenvalue weighted by Crippen LogP contribution is -2.13. The molecular weight excluding hydrogens is 306 g/mol. The Hall–Kier alpha value is -1.10.